The number of hydrogen-bond acceptors (Lipinski definition) is 5. The Balaban J connectivity index is 1.58. The van der Waals surface area contributed by atoms with Gasteiger partial charge in [0.05, 0.1) is 16.3 Å². The molecule has 7 heteroatoms. The predicted molar refractivity (Wildman–Crippen MR) is 133 cm³/mol. The first kappa shape index (κ1) is 20.7. The number of benzene rings is 2. The molecule has 0 amide bonds. The zero-order valence-corrected chi connectivity index (χ0v) is 19.9. The molecule has 5 rings (SSSR count). The van der Waals surface area contributed by atoms with E-state index < -0.39 is 0 Å². The Labute approximate surface area is 194 Å². The van der Waals surface area contributed by atoms with Gasteiger partial charge in [0.1, 0.15) is 15.9 Å². The molecule has 32 heavy (non-hydrogen) atoms. The summed E-state index contributed by atoms with van der Waals surface area (Å²) in [5.74, 6) is 1.58. The van der Waals surface area contributed by atoms with Gasteiger partial charge in [0.25, 0.3) is 10.6 Å². The third-order valence-electron chi connectivity index (χ3n) is 5.59. The third kappa shape index (κ3) is 3.47. The number of allylic oxidation sites excluding steroid dienone is 1. The average molecular weight is 463 g/mol. The van der Waals surface area contributed by atoms with Crippen molar-refractivity contribution in [2.45, 2.75) is 20.4 Å². The number of ether oxygens (including phenoxy) is 1. The van der Waals surface area contributed by atoms with Crippen LogP contribution in [-0.4, -0.2) is 11.1 Å². The van der Waals surface area contributed by atoms with E-state index in [0.29, 0.717) is 4.53 Å². The summed E-state index contributed by atoms with van der Waals surface area (Å²) in [7, 11) is 1.83. The molecule has 5 nitrogen and oxygen atoms in total. The third-order valence-corrected chi connectivity index (χ3v) is 7.83. The van der Waals surface area contributed by atoms with E-state index in [9.17, 15) is 4.79 Å². The minimum atomic E-state index is 0.000758. The van der Waals surface area contributed by atoms with E-state index in [2.05, 4.69) is 53.7 Å². The smallest absolute Gasteiger partial charge is 0.268 e. The van der Waals surface area contributed by atoms with Crippen LogP contribution in [0.3, 0.4) is 0 Å². The lowest BCUT2D eigenvalue weighted by Gasteiger charge is -2.14. The van der Waals surface area contributed by atoms with Crippen LogP contribution in [0.2, 0.25) is 0 Å². The molecule has 1 aliphatic rings. The van der Waals surface area contributed by atoms with Crippen LogP contribution in [0.5, 0.6) is 5.75 Å². The maximum Gasteiger partial charge on any atom is 0.268 e. The Hall–Kier alpha value is -3.16. The minimum absolute atomic E-state index is 0.000758. The second-order valence-electron chi connectivity index (χ2n) is 7.45. The van der Waals surface area contributed by atoms with Crippen molar-refractivity contribution >= 4 is 50.7 Å². The summed E-state index contributed by atoms with van der Waals surface area (Å²) < 4.78 is 12.9. The second kappa shape index (κ2) is 8.41. The molecule has 0 N–H and O–H groups in total. The Morgan fingerprint density at radius 2 is 1.81 bits per heavy atom. The van der Waals surface area contributed by atoms with Crippen LogP contribution < -0.4 is 29.0 Å². The van der Waals surface area contributed by atoms with Crippen molar-refractivity contribution in [2.75, 3.05) is 11.4 Å². The van der Waals surface area contributed by atoms with Crippen LogP contribution in [-0.2, 0) is 13.6 Å². The Morgan fingerprint density at radius 3 is 2.62 bits per heavy atom. The number of para-hydroxylation sites is 3. The number of rotatable bonds is 4. The molecule has 0 unspecified atom stereocenters. The van der Waals surface area contributed by atoms with Crippen LogP contribution in [0.1, 0.15) is 18.9 Å². The first-order valence-corrected chi connectivity index (χ1v) is 12.3. The molecule has 0 saturated carbocycles. The molecule has 2 aromatic carbocycles. The number of hydrogen-bond donors (Lipinski definition) is 0. The van der Waals surface area contributed by atoms with Crippen molar-refractivity contribution in [1.29, 1.82) is 0 Å². The summed E-state index contributed by atoms with van der Waals surface area (Å²) in [6, 6.07) is 16.4. The van der Waals surface area contributed by atoms with E-state index in [0.717, 1.165) is 40.1 Å². The van der Waals surface area contributed by atoms with Crippen LogP contribution in [0.4, 0.5) is 5.69 Å². The summed E-state index contributed by atoms with van der Waals surface area (Å²) in [4.78, 5) is 15.0. The topological polar surface area (TPSA) is 38.4 Å². The molecule has 0 spiro atoms. The van der Waals surface area contributed by atoms with Crippen LogP contribution in [0.15, 0.2) is 65.3 Å². The van der Waals surface area contributed by atoms with Gasteiger partial charge in [0.15, 0.2) is 5.75 Å². The van der Waals surface area contributed by atoms with Gasteiger partial charge < -0.3 is 14.2 Å². The van der Waals surface area contributed by atoms with Crippen LogP contribution in [0.25, 0.3) is 22.4 Å². The zero-order valence-electron chi connectivity index (χ0n) is 18.2. The molecule has 0 aliphatic carbocycles. The zero-order chi connectivity index (χ0) is 22.2. The summed E-state index contributed by atoms with van der Waals surface area (Å²) in [6.07, 6.45) is 5.88. The molecule has 4 aromatic rings. The minimum Gasteiger partial charge on any atom is -0.439 e. The fourth-order valence-electron chi connectivity index (χ4n) is 3.96. The molecule has 0 atom stereocenters. The molecule has 0 fully saturated rings. The van der Waals surface area contributed by atoms with Crippen LogP contribution >= 0.6 is 22.7 Å². The molecule has 0 saturated heterocycles. The lowest BCUT2D eigenvalue weighted by atomic mass is 10.3. The highest BCUT2D eigenvalue weighted by Gasteiger charge is 2.23. The first-order chi connectivity index (χ1) is 15.6. The lowest BCUT2D eigenvalue weighted by molar-refractivity contribution is -0.665. The van der Waals surface area contributed by atoms with Gasteiger partial charge >= 0.3 is 0 Å². The van der Waals surface area contributed by atoms with E-state index in [-0.39, 0.29) is 5.56 Å². The van der Waals surface area contributed by atoms with Gasteiger partial charge in [-0.1, -0.05) is 35.6 Å². The number of aryl methyl sites for hydroxylation is 1. The van der Waals surface area contributed by atoms with Gasteiger partial charge in [-0.25, -0.2) is 0 Å². The summed E-state index contributed by atoms with van der Waals surface area (Å²) >= 11 is 3.25. The van der Waals surface area contributed by atoms with Crippen LogP contribution in [0, 0.1) is 0 Å². The van der Waals surface area contributed by atoms with E-state index in [4.69, 9.17) is 4.74 Å². The number of thiazole rings is 2. The van der Waals surface area contributed by atoms with Gasteiger partial charge in [-0.3, -0.25) is 4.79 Å². The number of fused-ring (bicyclic) bond motifs is 2. The maximum absolute atomic E-state index is 12.9. The van der Waals surface area contributed by atoms with Crippen molar-refractivity contribution in [3.05, 3.63) is 85.0 Å². The molecule has 1 aliphatic heterocycles. The molecular formula is C25H24N3O2S2+. The standard InChI is InChI=1S/C25H24N3O2S2/c1-4-27-17-10-6-8-12-19(17)30-22(27)15-14-21-25(29)26(3)23(32-21)16-24-28(5-2)18-11-7-9-13-20(18)31-24/h6-16H,4-5H2,1-3H3/q+1/b21-14-,22-15-. The van der Waals surface area contributed by atoms with Gasteiger partial charge in [0, 0.05) is 25.7 Å². The molecular weight excluding hydrogens is 438 g/mol. The van der Waals surface area contributed by atoms with Gasteiger partial charge in [-0.2, -0.15) is 4.57 Å². The Morgan fingerprint density at radius 1 is 1.03 bits per heavy atom. The highest BCUT2D eigenvalue weighted by Crippen LogP contribution is 2.38. The van der Waals surface area contributed by atoms with Crippen molar-refractivity contribution in [3.63, 3.8) is 0 Å². The van der Waals surface area contributed by atoms with Crippen molar-refractivity contribution in [3.8, 4) is 5.75 Å². The van der Waals surface area contributed by atoms with E-state index in [1.165, 1.54) is 21.6 Å². The largest absolute Gasteiger partial charge is 0.439 e. The molecule has 3 heterocycles. The molecule has 162 valence electrons. The highest BCUT2D eigenvalue weighted by molar-refractivity contribution is 7.19. The monoisotopic (exact) mass is 462 g/mol. The SMILES string of the molecule is CCN1/C(=C/C=c2\s/c(=C\c3sc4ccccc4[n+]3CC)n(C)c2=O)Oc2ccccc21. The number of aromatic nitrogens is 2. The fourth-order valence-corrected chi connectivity index (χ4v) is 6.18. The fraction of sp³-hybridized carbons (Fsp3) is 0.200. The van der Waals surface area contributed by atoms with Gasteiger partial charge in [-0.15, -0.1) is 11.3 Å². The molecule has 0 bridgehead atoms. The summed E-state index contributed by atoms with van der Waals surface area (Å²) in [6.45, 7) is 5.91. The normalized spacial score (nSPS) is 15.7. The second-order valence-corrected chi connectivity index (χ2v) is 9.58. The predicted octanol–water partition coefficient (Wildman–Crippen LogP) is 3.34. The van der Waals surface area contributed by atoms with Crippen molar-refractivity contribution in [2.24, 2.45) is 7.05 Å². The average Bonchev–Trinajstić information content (AvgIpc) is 3.44. The molecule has 2 aromatic heterocycles. The maximum atomic E-state index is 12.9. The summed E-state index contributed by atoms with van der Waals surface area (Å²) in [5, 5.41) is 1.14. The quantitative estimate of drug-likeness (QED) is 0.437. The lowest BCUT2D eigenvalue weighted by Crippen LogP contribution is -2.34. The van der Waals surface area contributed by atoms with Crippen molar-refractivity contribution < 1.29 is 9.30 Å². The summed E-state index contributed by atoms with van der Waals surface area (Å²) in [5.41, 5.74) is 2.28. The Kier molecular flexibility index (Phi) is 5.45. The van der Waals surface area contributed by atoms with Crippen molar-refractivity contribution in [1.82, 2.24) is 4.57 Å². The molecule has 0 radical (unpaired) electrons. The highest BCUT2D eigenvalue weighted by atomic mass is 32.1. The van der Waals surface area contributed by atoms with E-state index >= 15 is 0 Å². The first-order valence-electron chi connectivity index (χ1n) is 10.7. The van der Waals surface area contributed by atoms with Gasteiger partial charge in [-0.05, 0) is 38.1 Å². The Bertz CT molecular complexity index is 1520. The van der Waals surface area contributed by atoms with E-state index in [1.54, 1.807) is 15.9 Å². The number of nitrogens with zero attached hydrogens (tertiary/aromatic N) is 3. The van der Waals surface area contributed by atoms with Gasteiger partial charge in [0.2, 0.25) is 11.4 Å². The van der Waals surface area contributed by atoms with E-state index in [1.807, 2.05) is 43.5 Å². The number of anilines is 1.